The van der Waals surface area contributed by atoms with Gasteiger partial charge in [0.15, 0.2) is 0 Å². The summed E-state index contributed by atoms with van der Waals surface area (Å²) in [6.07, 6.45) is 35.7. The minimum Gasteiger partial charge on any atom is -0.466 e. The van der Waals surface area contributed by atoms with Gasteiger partial charge in [-0.15, -0.1) is 0 Å². The molecule has 0 spiro atoms. The van der Waals surface area contributed by atoms with Gasteiger partial charge in [0.1, 0.15) is 0 Å². The van der Waals surface area contributed by atoms with Crippen molar-refractivity contribution in [2.45, 2.75) is 187 Å². The summed E-state index contributed by atoms with van der Waals surface area (Å²) in [7, 11) is 0. The van der Waals surface area contributed by atoms with Crippen LogP contribution in [0.25, 0.3) is 0 Å². The third-order valence-corrected chi connectivity index (χ3v) is 7.00. The van der Waals surface area contributed by atoms with E-state index in [0.29, 0.717) is 13.0 Å². The number of hydrogen-bond donors (Lipinski definition) is 0. The monoisotopic (exact) mass is 466 g/mol. The molecule has 0 bridgehead atoms. The Balaban J connectivity index is 3.13. The van der Waals surface area contributed by atoms with Gasteiger partial charge in [-0.3, -0.25) is 4.79 Å². The van der Waals surface area contributed by atoms with Crippen molar-refractivity contribution >= 4 is 5.97 Å². The summed E-state index contributed by atoms with van der Waals surface area (Å²) in [6.45, 7) is 5.19. The van der Waals surface area contributed by atoms with E-state index in [9.17, 15) is 4.79 Å². The summed E-state index contributed by atoms with van der Waals surface area (Å²) < 4.78 is 5.40. The average molecular weight is 467 g/mol. The lowest BCUT2D eigenvalue weighted by Gasteiger charge is -2.06. The van der Waals surface area contributed by atoms with Crippen molar-refractivity contribution in [3.8, 4) is 0 Å². The Morgan fingerprint density at radius 1 is 0.394 bits per heavy atom. The van der Waals surface area contributed by atoms with Crippen LogP contribution in [0.1, 0.15) is 187 Å². The molecule has 0 saturated carbocycles. The molecule has 33 heavy (non-hydrogen) atoms. The number of ether oxygens (including phenoxy) is 1. The Labute approximate surface area is 209 Å². The fourth-order valence-corrected chi connectivity index (χ4v) is 4.67. The number of esters is 1. The molecule has 0 amide bonds. The first-order valence-corrected chi connectivity index (χ1v) is 15.5. The summed E-state index contributed by atoms with van der Waals surface area (Å²) in [5.41, 5.74) is 0. The smallest absolute Gasteiger partial charge is 0.305 e. The molecule has 198 valence electrons. The predicted octanol–water partition coefficient (Wildman–Crippen LogP) is 11.1. The van der Waals surface area contributed by atoms with Crippen LogP contribution in [0.5, 0.6) is 0 Å². The Hall–Kier alpha value is -0.530. The first-order chi connectivity index (χ1) is 16.3. The number of carbonyl (C=O) groups is 1. The second-order valence-corrected chi connectivity index (χ2v) is 10.5. The Morgan fingerprint density at radius 3 is 1.00 bits per heavy atom. The Morgan fingerprint density at radius 2 is 0.667 bits per heavy atom. The van der Waals surface area contributed by atoms with Crippen LogP contribution in [-0.4, -0.2) is 12.6 Å². The summed E-state index contributed by atoms with van der Waals surface area (Å²) in [5, 5.41) is 0. The van der Waals surface area contributed by atoms with Gasteiger partial charge in [0.25, 0.3) is 0 Å². The van der Waals surface area contributed by atoms with Crippen LogP contribution in [0.2, 0.25) is 0 Å². The van der Waals surface area contributed by atoms with Crippen molar-refractivity contribution in [2.24, 2.45) is 0 Å². The third-order valence-electron chi connectivity index (χ3n) is 7.00. The summed E-state index contributed by atoms with van der Waals surface area (Å²) in [6, 6.07) is 0. The molecule has 0 unspecified atom stereocenters. The molecule has 0 aromatic rings. The highest BCUT2D eigenvalue weighted by Crippen LogP contribution is 2.14. The highest BCUT2D eigenvalue weighted by atomic mass is 16.5. The molecule has 0 aliphatic rings. The molecular weight excluding hydrogens is 404 g/mol. The normalized spacial score (nSPS) is 11.2. The first kappa shape index (κ1) is 32.5. The lowest BCUT2D eigenvalue weighted by Crippen LogP contribution is -2.05. The van der Waals surface area contributed by atoms with Gasteiger partial charge in [-0.05, 0) is 12.8 Å². The second kappa shape index (κ2) is 29.5. The zero-order chi connectivity index (χ0) is 24.1. The van der Waals surface area contributed by atoms with E-state index in [1.807, 2.05) is 0 Å². The van der Waals surface area contributed by atoms with Gasteiger partial charge in [0.2, 0.25) is 0 Å². The van der Waals surface area contributed by atoms with Crippen molar-refractivity contribution in [2.75, 3.05) is 6.61 Å². The molecular formula is C31H62O2. The van der Waals surface area contributed by atoms with Gasteiger partial charge in [-0.25, -0.2) is 0 Å². The highest BCUT2D eigenvalue weighted by molar-refractivity contribution is 5.69. The van der Waals surface area contributed by atoms with Gasteiger partial charge < -0.3 is 4.74 Å². The van der Waals surface area contributed by atoms with Gasteiger partial charge in [-0.2, -0.15) is 0 Å². The van der Waals surface area contributed by atoms with Crippen molar-refractivity contribution in [1.29, 1.82) is 0 Å². The van der Waals surface area contributed by atoms with Gasteiger partial charge in [0.05, 0.1) is 6.61 Å². The number of unbranched alkanes of at least 4 members (excludes halogenated alkanes) is 24. The van der Waals surface area contributed by atoms with E-state index in [4.69, 9.17) is 4.74 Å². The highest BCUT2D eigenvalue weighted by Gasteiger charge is 2.02. The SMILES string of the molecule is CCCCCCCCCCCCCCCCCCOC(=O)CCCCCCCCCCCC. The minimum absolute atomic E-state index is 0.0236. The number of carbonyl (C=O) groups excluding carboxylic acids is 1. The molecule has 0 aromatic carbocycles. The van der Waals surface area contributed by atoms with E-state index in [1.54, 1.807) is 0 Å². The van der Waals surface area contributed by atoms with Crippen LogP contribution in [0.15, 0.2) is 0 Å². The zero-order valence-corrected chi connectivity index (χ0v) is 23.1. The van der Waals surface area contributed by atoms with Crippen molar-refractivity contribution in [1.82, 2.24) is 0 Å². The largest absolute Gasteiger partial charge is 0.466 e. The van der Waals surface area contributed by atoms with Crippen LogP contribution in [0.4, 0.5) is 0 Å². The van der Waals surface area contributed by atoms with Gasteiger partial charge in [0, 0.05) is 6.42 Å². The van der Waals surface area contributed by atoms with Crippen LogP contribution < -0.4 is 0 Å². The van der Waals surface area contributed by atoms with Crippen molar-refractivity contribution < 1.29 is 9.53 Å². The van der Waals surface area contributed by atoms with Crippen LogP contribution in [0, 0.1) is 0 Å². The van der Waals surface area contributed by atoms with Gasteiger partial charge in [-0.1, -0.05) is 168 Å². The number of rotatable bonds is 28. The molecule has 0 fully saturated rings. The van der Waals surface area contributed by atoms with Gasteiger partial charge >= 0.3 is 5.97 Å². The molecule has 0 aliphatic heterocycles. The maximum atomic E-state index is 11.8. The minimum atomic E-state index is 0.0236. The Kier molecular flexibility index (Phi) is 29.0. The summed E-state index contributed by atoms with van der Waals surface area (Å²) in [5.74, 6) is 0.0236. The topological polar surface area (TPSA) is 26.3 Å². The van der Waals surface area contributed by atoms with Crippen LogP contribution >= 0.6 is 0 Å². The molecule has 2 nitrogen and oxygen atoms in total. The van der Waals surface area contributed by atoms with Crippen molar-refractivity contribution in [3.05, 3.63) is 0 Å². The zero-order valence-electron chi connectivity index (χ0n) is 23.1. The molecule has 0 heterocycles. The Bertz CT molecular complexity index is 366. The molecule has 0 aliphatic carbocycles. The fourth-order valence-electron chi connectivity index (χ4n) is 4.67. The molecule has 0 radical (unpaired) electrons. The van der Waals surface area contributed by atoms with Crippen molar-refractivity contribution in [3.63, 3.8) is 0 Å². The molecule has 0 rings (SSSR count). The second-order valence-electron chi connectivity index (χ2n) is 10.5. The molecule has 2 heteroatoms. The average Bonchev–Trinajstić information content (AvgIpc) is 2.82. The molecule has 0 aromatic heterocycles. The molecule has 0 N–H and O–H groups in total. The number of hydrogen-bond acceptors (Lipinski definition) is 2. The fraction of sp³-hybridized carbons (Fsp3) is 0.968. The predicted molar refractivity (Wildman–Crippen MR) is 147 cm³/mol. The van der Waals surface area contributed by atoms with E-state index < -0.39 is 0 Å². The summed E-state index contributed by atoms with van der Waals surface area (Å²) in [4.78, 5) is 11.8. The van der Waals surface area contributed by atoms with E-state index in [1.165, 1.54) is 154 Å². The molecule has 0 atom stereocenters. The standard InChI is InChI=1S/C31H62O2/c1-3-5-7-9-11-13-15-16-17-18-19-20-22-24-26-28-30-33-31(32)29-27-25-23-21-14-12-10-8-6-4-2/h3-30H2,1-2H3. The van der Waals surface area contributed by atoms with E-state index in [0.717, 1.165) is 12.8 Å². The lowest BCUT2D eigenvalue weighted by molar-refractivity contribution is -0.143. The maximum Gasteiger partial charge on any atom is 0.305 e. The first-order valence-electron chi connectivity index (χ1n) is 15.5. The third kappa shape index (κ3) is 29.4. The van der Waals surface area contributed by atoms with E-state index >= 15 is 0 Å². The summed E-state index contributed by atoms with van der Waals surface area (Å²) >= 11 is 0. The van der Waals surface area contributed by atoms with E-state index in [-0.39, 0.29) is 5.97 Å². The maximum absolute atomic E-state index is 11.8. The van der Waals surface area contributed by atoms with E-state index in [2.05, 4.69) is 13.8 Å². The quantitative estimate of drug-likeness (QED) is 0.0846. The lowest BCUT2D eigenvalue weighted by atomic mass is 10.0. The van der Waals surface area contributed by atoms with Crippen LogP contribution in [0.3, 0.4) is 0 Å². The van der Waals surface area contributed by atoms with Crippen LogP contribution in [-0.2, 0) is 9.53 Å². The molecule has 0 saturated heterocycles.